The van der Waals surface area contributed by atoms with Gasteiger partial charge in [0.05, 0.1) is 6.04 Å². The molecule has 0 spiro atoms. The summed E-state index contributed by atoms with van der Waals surface area (Å²) in [5.41, 5.74) is 10.8. The van der Waals surface area contributed by atoms with Crippen molar-refractivity contribution in [3.05, 3.63) is 5.82 Å². The van der Waals surface area contributed by atoms with Crippen LogP contribution in [0.3, 0.4) is 0 Å². The van der Waals surface area contributed by atoms with Crippen molar-refractivity contribution in [2.45, 2.75) is 18.9 Å². The molecule has 1 heterocycles. The largest absolute Gasteiger partial charge is 0.368 e. The highest BCUT2D eigenvalue weighted by atomic mass is 19.3. The van der Waals surface area contributed by atoms with Crippen molar-refractivity contribution in [2.75, 3.05) is 5.73 Å². The van der Waals surface area contributed by atoms with E-state index < -0.39 is 18.9 Å². The van der Waals surface area contributed by atoms with E-state index in [9.17, 15) is 8.78 Å². The topological polar surface area (TPSA) is 82.8 Å². The molecule has 7 heteroatoms. The number of halogens is 2. The Balaban J connectivity index is 2.71. The van der Waals surface area contributed by atoms with Crippen LogP contribution in [0.4, 0.5) is 14.7 Å². The lowest BCUT2D eigenvalue weighted by Crippen LogP contribution is -2.15. The molecule has 0 saturated heterocycles. The van der Waals surface area contributed by atoms with Crippen LogP contribution in [-0.2, 0) is 7.05 Å². The summed E-state index contributed by atoms with van der Waals surface area (Å²) in [5.74, 6) is 0.319. The lowest BCUT2D eigenvalue weighted by Gasteiger charge is -2.04. The van der Waals surface area contributed by atoms with Crippen LogP contribution in [0.5, 0.6) is 0 Å². The number of nitrogens with zero attached hydrogens (tertiary/aromatic N) is 3. The number of nitrogen functional groups attached to an aromatic ring is 1. The van der Waals surface area contributed by atoms with Gasteiger partial charge >= 0.3 is 0 Å². The first-order valence-corrected chi connectivity index (χ1v) is 3.71. The third-order valence-electron chi connectivity index (χ3n) is 1.58. The van der Waals surface area contributed by atoms with Gasteiger partial charge in [-0.3, -0.25) is 0 Å². The fraction of sp³-hybridized carbons (Fsp3) is 0.667. The minimum Gasteiger partial charge on any atom is -0.368 e. The van der Waals surface area contributed by atoms with E-state index >= 15 is 0 Å². The third-order valence-corrected chi connectivity index (χ3v) is 1.58. The summed E-state index contributed by atoms with van der Waals surface area (Å²) in [5, 5.41) is 3.79. The van der Waals surface area contributed by atoms with Crippen molar-refractivity contribution in [1.82, 2.24) is 14.8 Å². The molecule has 1 aromatic rings. The van der Waals surface area contributed by atoms with Crippen LogP contribution >= 0.6 is 0 Å². The number of hydrogen-bond acceptors (Lipinski definition) is 4. The van der Waals surface area contributed by atoms with Gasteiger partial charge in [0.25, 0.3) is 0 Å². The van der Waals surface area contributed by atoms with E-state index in [1.54, 1.807) is 7.05 Å². The van der Waals surface area contributed by atoms with Crippen LogP contribution < -0.4 is 11.5 Å². The highest BCUT2D eigenvalue weighted by Crippen LogP contribution is 2.15. The second-order valence-corrected chi connectivity index (χ2v) is 2.69. The number of rotatable bonds is 3. The van der Waals surface area contributed by atoms with Crippen LogP contribution in [0.15, 0.2) is 0 Å². The second kappa shape index (κ2) is 3.65. The zero-order chi connectivity index (χ0) is 10.0. The van der Waals surface area contributed by atoms with Gasteiger partial charge in [-0.05, 0) is 0 Å². The normalized spacial score (nSPS) is 13.6. The van der Waals surface area contributed by atoms with E-state index in [1.165, 1.54) is 4.68 Å². The Morgan fingerprint density at radius 3 is 2.54 bits per heavy atom. The molecule has 1 unspecified atom stereocenters. The summed E-state index contributed by atoms with van der Waals surface area (Å²) in [4.78, 5) is 3.73. The maximum absolute atomic E-state index is 11.9. The van der Waals surface area contributed by atoms with Crippen molar-refractivity contribution in [3.63, 3.8) is 0 Å². The standard InChI is InChI=1S/C6H11F2N5/c1-13-6(10)11-5(12-13)3(9)2-4(7)8/h3-4H,2,9H2,1H3,(H2,10,11,12). The number of alkyl halides is 2. The average Bonchev–Trinajstić information content (AvgIpc) is 2.31. The van der Waals surface area contributed by atoms with E-state index in [0.717, 1.165) is 0 Å². The van der Waals surface area contributed by atoms with E-state index in [-0.39, 0.29) is 11.8 Å². The summed E-state index contributed by atoms with van der Waals surface area (Å²) in [7, 11) is 1.57. The van der Waals surface area contributed by atoms with Crippen molar-refractivity contribution in [3.8, 4) is 0 Å². The SMILES string of the molecule is Cn1nc(C(N)CC(F)F)nc1N. The van der Waals surface area contributed by atoms with Crippen LogP contribution in [0.2, 0.25) is 0 Å². The summed E-state index contributed by atoms with van der Waals surface area (Å²) in [6, 6.07) is -0.858. The molecule has 1 rings (SSSR count). The Labute approximate surface area is 73.7 Å². The van der Waals surface area contributed by atoms with Gasteiger partial charge in [0.15, 0.2) is 5.82 Å². The van der Waals surface area contributed by atoms with Crippen LogP contribution in [0, 0.1) is 0 Å². The van der Waals surface area contributed by atoms with Gasteiger partial charge in [0.1, 0.15) is 0 Å². The molecule has 0 saturated carbocycles. The van der Waals surface area contributed by atoms with E-state index in [2.05, 4.69) is 10.1 Å². The summed E-state index contributed by atoms with van der Waals surface area (Å²) < 4.78 is 25.1. The molecule has 74 valence electrons. The molecule has 0 aliphatic rings. The monoisotopic (exact) mass is 191 g/mol. The van der Waals surface area contributed by atoms with Crippen LogP contribution in [0.25, 0.3) is 0 Å². The van der Waals surface area contributed by atoms with Gasteiger partial charge in [-0.15, -0.1) is 0 Å². The Bertz CT molecular complexity index is 265. The Hall–Kier alpha value is -1.24. The first-order valence-electron chi connectivity index (χ1n) is 3.71. The second-order valence-electron chi connectivity index (χ2n) is 2.69. The maximum atomic E-state index is 11.9. The summed E-state index contributed by atoms with van der Waals surface area (Å²) in [6.07, 6.45) is -2.91. The predicted octanol–water partition coefficient (Wildman–Crippen LogP) is 0.0523. The molecule has 1 atom stereocenters. The number of hydrogen-bond donors (Lipinski definition) is 2. The first kappa shape index (κ1) is 9.85. The van der Waals surface area contributed by atoms with Gasteiger partial charge in [-0.1, -0.05) is 0 Å². The maximum Gasteiger partial charge on any atom is 0.240 e. The molecule has 0 aromatic carbocycles. The molecule has 0 fully saturated rings. The highest BCUT2D eigenvalue weighted by Gasteiger charge is 2.17. The summed E-state index contributed by atoms with van der Waals surface area (Å²) >= 11 is 0. The average molecular weight is 191 g/mol. The molecule has 1 aromatic heterocycles. The number of anilines is 1. The zero-order valence-corrected chi connectivity index (χ0v) is 7.11. The minimum atomic E-state index is -2.46. The van der Waals surface area contributed by atoms with Gasteiger partial charge in [-0.25, -0.2) is 13.5 Å². The summed E-state index contributed by atoms with van der Waals surface area (Å²) in [6.45, 7) is 0. The molecule has 0 aliphatic carbocycles. The van der Waals surface area contributed by atoms with E-state index in [4.69, 9.17) is 11.5 Å². The Morgan fingerprint density at radius 1 is 1.54 bits per heavy atom. The molecule has 13 heavy (non-hydrogen) atoms. The van der Waals surface area contributed by atoms with Crippen LogP contribution in [-0.4, -0.2) is 21.2 Å². The smallest absolute Gasteiger partial charge is 0.240 e. The van der Waals surface area contributed by atoms with Gasteiger partial charge in [-0.2, -0.15) is 10.1 Å². The van der Waals surface area contributed by atoms with Crippen molar-refractivity contribution in [1.29, 1.82) is 0 Å². The molecule has 0 radical (unpaired) electrons. The van der Waals surface area contributed by atoms with E-state index in [1.807, 2.05) is 0 Å². The molecule has 0 amide bonds. The van der Waals surface area contributed by atoms with Gasteiger partial charge in [0, 0.05) is 13.5 Å². The van der Waals surface area contributed by atoms with Crippen molar-refractivity contribution in [2.24, 2.45) is 12.8 Å². The van der Waals surface area contributed by atoms with Gasteiger partial charge in [0.2, 0.25) is 12.4 Å². The highest BCUT2D eigenvalue weighted by molar-refractivity contribution is 5.16. The molecule has 5 nitrogen and oxygen atoms in total. The molecular formula is C6H11F2N5. The molecule has 0 bridgehead atoms. The molecule has 4 N–H and O–H groups in total. The Kier molecular flexibility index (Phi) is 2.76. The lowest BCUT2D eigenvalue weighted by atomic mass is 10.2. The zero-order valence-electron chi connectivity index (χ0n) is 7.11. The lowest BCUT2D eigenvalue weighted by molar-refractivity contribution is 0.127. The molecular weight excluding hydrogens is 180 g/mol. The quantitative estimate of drug-likeness (QED) is 0.707. The van der Waals surface area contributed by atoms with Crippen molar-refractivity contribution >= 4 is 5.95 Å². The predicted molar refractivity (Wildman–Crippen MR) is 43.0 cm³/mol. The van der Waals surface area contributed by atoms with E-state index in [0.29, 0.717) is 0 Å². The number of aromatic nitrogens is 3. The van der Waals surface area contributed by atoms with Crippen LogP contribution in [0.1, 0.15) is 18.3 Å². The fourth-order valence-corrected chi connectivity index (χ4v) is 0.871. The Morgan fingerprint density at radius 2 is 2.15 bits per heavy atom. The molecule has 0 aliphatic heterocycles. The number of aryl methyl sites for hydroxylation is 1. The third kappa shape index (κ3) is 2.35. The number of nitrogens with two attached hydrogens (primary N) is 2. The minimum absolute atomic E-state index is 0.153. The first-order chi connectivity index (χ1) is 6.00. The van der Waals surface area contributed by atoms with Gasteiger partial charge < -0.3 is 11.5 Å². The van der Waals surface area contributed by atoms with Crippen molar-refractivity contribution < 1.29 is 8.78 Å². The fourth-order valence-electron chi connectivity index (χ4n) is 0.871.